The lowest BCUT2D eigenvalue weighted by atomic mass is 10.2. The van der Waals surface area contributed by atoms with Gasteiger partial charge in [-0.05, 0) is 6.92 Å². The van der Waals surface area contributed by atoms with Crippen molar-refractivity contribution in [2.75, 3.05) is 5.32 Å². The zero-order valence-corrected chi connectivity index (χ0v) is 11.0. The van der Waals surface area contributed by atoms with E-state index in [1.54, 1.807) is 18.7 Å². The number of rotatable bonds is 3. The molecule has 1 N–H and O–H groups in total. The number of hydrogen-bond donors (Lipinski definition) is 1. The molecule has 0 saturated heterocycles. The van der Waals surface area contributed by atoms with Gasteiger partial charge in [0.1, 0.15) is 5.82 Å². The fraction of sp³-hybridized carbons (Fsp3) is 0.250. The van der Waals surface area contributed by atoms with Crippen molar-refractivity contribution in [3.63, 3.8) is 0 Å². The summed E-state index contributed by atoms with van der Waals surface area (Å²) >= 11 is 6.03. The molecule has 0 unspecified atom stereocenters. The molecule has 0 aliphatic carbocycles. The lowest BCUT2D eigenvalue weighted by Gasteiger charge is -2.09. The smallest absolute Gasteiger partial charge is 0.161 e. The van der Waals surface area contributed by atoms with Crippen LogP contribution in [0, 0.1) is 24.4 Å². The number of aromatic nitrogens is 2. The van der Waals surface area contributed by atoms with E-state index in [1.165, 1.54) is 0 Å². The van der Waals surface area contributed by atoms with E-state index in [2.05, 4.69) is 10.4 Å². The summed E-state index contributed by atoms with van der Waals surface area (Å²) in [4.78, 5) is 0. The molecule has 0 aliphatic rings. The predicted octanol–water partition coefficient (Wildman–Crippen LogP) is 3.41. The summed E-state index contributed by atoms with van der Waals surface area (Å²) in [6.07, 6.45) is 0. The molecule has 7 heteroatoms. The fourth-order valence-electron chi connectivity index (χ4n) is 1.71. The molecule has 19 heavy (non-hydrogen) atoms. The summed E-state index contributed by atoms with van der Waals surface area (Å²) in [5, 5.41) is 7.22. The maximum Gasteiger partial charge on any atom is 0.161 e. The monoisotopic (exact) mass is 289 g/mol. The maximum absolute atomic E-state index is 13.4. The topological polar surface area (TPSA) is 29.9 Å². The number of nitrogens with one attached hydrogen (secondary N) is 1. The third kappa shape index (κ3) is 2.68. The van der Waals surface area contributed by atoms with Gasteiger partial charge in [-0.15, -0.1) is 0 Å². The Bertz CT molecular complexity index is 625. The zero-order chi connectivity index (χ0) is 14.2. The lowest BCUT2D eigenvalue weighted by molar-refractivity contribution is 0.496. The number of aryl methyl sites for hydroxylation is 2. The third-order valence-corrected chi connectivity index (χ3v) is 3.21. The van der Waals surface area contributed by atoms with Crippen LogP contribution in [0.4, 0.5) is 18.9 Å². The first-order chi connectivity index (χ1) is 8.90. The second-order valence-electron chi connectivity index (χ2n) is 4.07. The summed E-state index contributed by atoms with van der Waals surface area (Å²) in [6.45, 7) is 1.89. The first kappa shape index (κ1) is 13.7. The Balaban J connectivity index is 2.21. The average Bonchev–Trinajstić information content (AvgIpc) is 2.57. The van der Waals surface area contributed by atoms with E-state index in [4.69, 9.17) is 11.6 Å². The molecule has 2 aromatic rings. The maximum atomic E-state index is 13.4. The molecular weight excluding hydrogens is 279 g/mol. The summed E-state index contributed by atoms with van der Waals surface area (Å²) < 4.78 is 40.8. The standard InChI is InChI=1S/C12H11ClF3N3/c1-6-12(13)11(19(2)18-6)5-17-10-4-8(15)7(14)3-9(10)16/h3-4,17H,5H2,1-2H3. The molecule has 2 rings (SSSR count). The van der Waals surface area contributed by atoms with Gasteiger partial charge in [0.2, 0.25) is 0 Å². The summed E-state index contributed by atoms with van der Waals surface area (Å²) in [7, 11) is 1.69. The van der Waals surface area contributed by atoms with Gasteiger partial charge < -0.3 is 5.32 Å². The Labute approximate surface area is 113 Å². The minimum Gasteiger partial charge on any atom is -0.377 e. The van der Waals surface area contributed by atoms with Gasteiger partial charge in [-0.25, -0.2) is 13.2 Å². The second-order valence-corrected chi connectivity index (χ2v) is 4.45. The van der Waals surface area contributed by atoms with Crippen LogP contribution in [-0.4, -0.2) is 9.78 Å². The van der Waals surface area contributed by atoms with E-state index in [0.29, 0.717) is 22.5 Å². The molecule has 0 spiro atoms. The van der Waals surface area contributed by atoms with Crippen LogP contribution in [0.25, 0.3) is 0 Å². The highest BCUT2D eigenvalue weighted by atomic mass is 35.5. The van der Waals surface area contributed by atoms with Gasteiger partial charge in [0, 0.05) is 19.2 Å². The molecule has 1 aromatic heterocycles. The largest absolute Gasteiger partial charge is 0.377 e. The molecule has 0 bridgehead atoms. The van der Waals surface area contributed by atoms with Crippen LogP contribution in [0.1, 0.15) is 11.4 Å². The Morgan fingerprint density at radius 1 is 1.21 bits per heavy atom. The minimum atomic E-state index is -1.22. The van der Waals surface area contributed by atoms with E-state index in [0.717, 1.165) is 6.07 Å². The summed E-state index contributed by atoms with van der Waals surface area (Å²) in [5.74, 6) is -3.21. The first-order valence-corrected chi connectivity index (χ1v) is 5.84. The van der Waals surface area contributed by atoms with Crippen molar-refractivity contribution < 1.29 is 13.2 Å². The molecule has 3 nitrogen and oxygen atoms in total. The number of hydrogen-bond acceptors (Lipinski definition) is 2. The Kier molecular flexibility index (Phi) is 3.71. The van der Waals surface area contributed by atoms with Gasteiger partial charge in [0.15, 0.2) is 11.6 Å². The van der Waals surface area contributed by atoms with Crippen molar-refractivity contribution >= 4 is 17.3 Å². The molecule has 0 atom stereocenters. The molecule has 0 amide bonds. The van der Waals surface area contributed by atoms with Crippen LogP contribution in [0.5, 0.6) is 0 Å². The predicted molar refractivity (Wildman–Crippen MR) is 66.6 cm³/mol. The Morgan fingerprint density at radius 2 is 1.84 bits per heavy atom. The minimum absolute atomic E-state index is 0.131. The van der Waals surface area contributed by atoms with E-state index in [-0.39, 0.29) is 12.2 Å². The molecule has 0 radical (unpaired) electrons. The fourth-order valence-corrected chi connectivity index (χ4v) is 1.94. The highest BCUT2D eigenvalue weighted by Crippen LogP contribution is 2.23. The molecule has 1 heterocycles. The highest BCUT2D eigenvalue weighted by molar-refractivity contribution is 6.31. The molecule has 0 aliphatic heterocycles. The molecule has 0 fully saturated rings. The van der Waals surface area contributed by atoms with Crippen molar-refractivity contribution in [3.05, 3.63) is 46.0 Å². The van der Waals surface area contributed by atoms with E-state index < -0.39 is 17.5 Å². The van der Waals surface area contributed by atoms with Crippen molar-refractivity contribution in [2.45, 2.75) is 13.5 Å². The number of anilines is 1. The molecular formula is C12H11ClF3N3. The lowest BCUT2D eigenvalue weighted by Crippen LogP contribution is -2.07. The Morgan fingerprint density at radius 3 is 2.42 bits per heavy atom. The van der Waals surface area contributed by atoms with Crippen molar-refractivity contribution in [3.8, 4) is 0 Å². The Hall–Kier alpha value is -1.69. The van der Waals surface area contributed by atoms with Crippen LogP contribution in [-0.2, 0) is 13.6 Å². The van der Waals surface area contributed by atoms with E-state index in [1.807, 2.05) is 0 Å². The van der Waals surface area contributed by atoms with Crippen LogP contribution in [0.2, 0.25) is 5.02 Å². The second kappa shape index (κ2) is 5.13. The van der Waals surface area contributed by atoms with Crippen LogP contribution >= 0.6 is 11.6 Å². The van der Waals surface area contributed by atoms with Gasteiger partial charge in [0.25, 0.3) is 0 Å². The van der Waals surface area contributed by atoms with Crippen molar-refractivity contribution in [1.29, 1.82) is 0 Å². The van der Waals surface area contributed by atoms with Crippen molar-refractivity contribution in [2.24, 2.45) is 7.05 Å². The third-order valence-electron chi connectivity index (χ3n) is 2.72. The van der Waals surface area contributed by atoms with Crippen LogP contribution in [0.3, 0.4) is 0 Å². The van der Waals surface area contributed by atoms with E-state index in [9.17, 15) is 13.2 Å². The first-order valence-electron chi connectivity index (χ1n) is 5.46. The number of benzene rings is 1. The number of nitrogens with zero attached hydrogens (tertiary/aromatic N) is 2. The summed E-state index contributed by atoms with van der Waals surface area (Å²) in [5.41, 5.74) is 1.14. The number of halogens is 4. The molecule has 0 saturated carbocycles. The average molecular weight is 290 g/mol. The van der Waals surface area contributed by atoms with Crippen LogP contribution < -0.4 is 5.32 Å². The molecule has 102 valence electrons. The van der Waals surface area contributed by atoms with Gasteiger partial charge in [-0.1, -0.05) is 11.6 Å². The van der Waals surface area contributed by atoms with Crippen molar-refractivity contribution in [1.82, 2.24) is 9.78 Å². The quantitative estimate of drug-likeness (QED) is 0.878. The SMILES string of the molecule is Cc1nn(C)c(CNc2cc(F)c(F)cc2F)c1Cl. The van der Waals surface area contributed by atoms with Gasteiger partial charge in [-0.2, -0.15) is 5.10 Å². The normalized spacial score (nSPS) is 10.8. The summed E-state index contributed by atoms with van der Waals surface area (Å²) in [6, 6.07) is 1.26. The van der Waals surface area contributed by atoms with Gasteiger partial charge in [-0.3, -0.25) is 4.68 Å². The van der Waals surface area contributed by atoms with Crippen LogP contribution in [0.15, 0.2) is 12.1 Å². The van der Waals surface area contributed by atoms with Gasteiger partial charge >= 0.3 is 0 Å². The zero-order valence-electron chi connectivity index (χ0n) is 10.3. The highest BCUT2D eigenvalue weighted by Gasteiger charge is 2.13. The van der Waals surface area contributed by atoms with E-state index >= 15 is 0 Å². The van der Waals surface area contributed by atoms with Gasteiger partial charge in [0.05, 0.1) is 28.6 Å². The molecule has 1 aromatic carbocycles.